The average Bonchev–Trinajstić information content (AvgIpc) is 2.28. The molecule has 0 unspecified atom stereocenters. The maximum Gasteiger partial charge on any atom is 0.308 e. The van der Waals surface area contributed by atoms with E-state index in [0.29, 0.717) is 22.8 Å². The fourth-order valence-electron chi connectivity index (χ4n) is 1.50. The van der Waals surface area contributed by atoms with Gasteiger partial charge in [-0.25, -0.2) is 0 Å². The highest BCUT2D eigenvalue weighted by Gasteiger charge is 2.16. The van der Waals surface area contributed by atoms with E-state index >= 15 is 0 Å². The molecule has 1 N–H and O–H groups in total. The van der Waals surface area contributed by atoms with E-state index in [1.165, 1.54) is 0 Å². The summed E-state index contributed by atoms with van der Waals surface area (Å²) in [6, 6.07) is 6.98. The zero-order chi connectivity index (χ0) is 13.0. The molecule has 90 valence electrons. The predicted molar refractivity (Wildman–Crippen MR) is 66.2 cm³/mol. The van der Waals surface area contributed by atoms with Crippen molar-refractivity contribution in [2.75, 3.05) is 18.5 Å². The summed E-state index contributed by atoms with van der Waals surface area (Å²) in [4.78, 5) is 12.5. The summed E-state index contributed by atoms with van der Waals surface area (Å²) >= 11 is 5.86. The molecule has 1 atom stereocenters. The van der Waals surface area contributed by atoms with E-state index in [2.05, 4.69) is 6.07 Å². The summed E-state index contributed by atoms with van der Waals surface area (Å²) in [7, 11) is 1.74. The van der Waals surface area contributed by atoms with Crippen LogP contribution in [-0.2, 0) is 4.79 Å². The first-order chi connectivity index (χ1) is 7.95. The van der Waals surface area contributed by atoms with Gasteiger partial charge in [0.25, 0.3) is 0 Å². The third-order valence-electron chi connectivity index (χ3n) is 2.46. The van der Waals surface area contributed by atoms with E-state index in [1.54, 1.807) is 37.1 Å². The number of carboxylic acids is 1. The SMILES string of the molecule is C[C@@H](CN(C)c1cc(Cl)ccc1C#N)C(=O)O. The third-order valence-corrected chi connectivity index (χ3v) is 2.70. The van der Waals surface area contributed by atoms with Crippen molar-refractivity contribution in [2.24, 2.45) is 5.92 Å². The van der Waals surface area contributed by atoms with Gasteiger partial charge in [0.1, 0.15) is 6.07 Å². The normalized spacial score (nSPS) is 11.6. The Hall–Kier alpha value is -1.73. The minimum atomic E-state index is -0.864. The van der Waals surface area contributed by atoms with Crippen LogP contribution in [0.5, 0.6) is 0 Å². The smallest absolute Gasteiger partial charge is 0.308 e. The maximum absolute atomic E-state index is 10.8. The van der Waals surface area contributed by atoms with E-state index in [-0.39, 0.29) is 0 Å². The standard InChI is InChI=1S/C12H13ClN2O2/c1-8(12(16)17)7-15(2)11-5-10(13)4-3-9(11)6-14/h3-5,8H,7H2,1-2H3,(H,16,17)/t8-/m0/s1. The lowest BCUT2D eigenvalue weighted by atomic mass is 10.1. The number of benzene rings is 1. The number of hydrogen-bond acceptors (Lipinski definition) is 3. The highest BCUT2D eigenvalue weighted by molar-refractivity contribution is 6.30. The van der Waals surface area contributed by atoms with Crippen molar-refractivity contribution in [2.45, 2.75) is 6.92 Å². The molecule has 1 aromatic rings. The minimum Gasteiger partial charge on any atom is -0.481 e. The van der Waals surface area contributed by atoms with Gasteiger partial charge >= 0.3 is 5.97 Å². The van der Waals surface area contributed by atoms with Gasteiger partial charge in [-0.2, -0.15) is 5.26 Å². The van der Waals surface area contributed by atoms with Gasteiger partial charge in [-0.1, -0.05) is 18.5 Å². The van der Waals surface area contributed by atoms with Gasteiger partial charge in [0, 0.05) is 18.6 Å². The topological polar surface area (TPSA) is 64.3 Å². The Balaban J connectivity index is 2.96. The van der Waals surface area contributed by atoms with Crippen LogP contribution in [0.1, 0.15) is 12.5 Å². The first kappa shape index (κ1) is 13.3. The number of nitriles is 1. The van der Waals surface area contributed by atoms with Crippen LogP contribution in [-0.4, -0.2) is 24.7 Å². The van der Waals surface area contributed by atoms with Crippen LogP contribution in [0.15, 0.2) is 18.2 Å². The number of carbonyl (C=O) groups is 1. The van der Waals surface area contributed by atoms with Crippen LogP contribution in [0.2, 0.25) is 5.02 Å². The molecule has 0 heterocycles. The van der Waals surface area contributed by atoms with Crippen molar-refractivity contribution in [1.29, 1.82) is 5.26 Å². The summed E-state index contributed by atoms with van der Waals surface area (Å²) in [5.41, 5.74) is 1.13. The van der Waals surface area contributed by atoms with Gasteiger partial charge in [0.15, 0.2) is 0 Å². The lowest BCUT2D eigenvalue weighted by Crippen LogP contribution is -2.28. The van der Waals surface area contributed by atoms with Gasteiger partial charge in [0.2, 0.25) is 0 Å². The highest BCUT2D eigenvalue weighted by Crippen LogP contribution is 2.24. The number of anilines is 1. The van der Waals surface area contributed by atoms with Gasteiger partial charge in [-0.15, -0.1) is 0 Å². The second-order valence-electron chi connectivity index (χ2n) is 3.89. The number of nitrogens with zero attached hydrogens (tertiary/aromatic N) is 2. The van der Waals surface area contributed by atoms with Gasteiger partial charge in [-0.05, 0) is 18.2 Å². The lowest BCUT2D eigenvalue weighted by Gasteiger charge is -2.22. The van der Waals surface area contributed by atoms with E-state index in [1.807, 2.05) is 0 Å². The molecule has 1 rings (SSSR count). The van der Waals surface area contributed by atoms with Crippen LogP contribution < -0.4 is 4.90 Å². The molecule has 0 aliphatic rings. The summed E-state index contributed by atoms with van der Waals surface area (Å²) < 4.78 is 0. The molecule has 0 saturated heterocycles. The summed E-state index contributed by atoms with van der Waals surface area (Å²) in [5.74, 6) is -1.37. The highest BCUT2D eigenvalue weighted by atomic mass is 35.5. The molecule has 0 amide bonds. The largest absolute Gasteiger partial charge is 0.481 e. The monoisotopic (exact) mass is 252 g/mol. The number of carboxylic acid groups (broad SMARTS) is 1. The number of halogens is 1. The van der Waals surface area contributed by atoms with Crippen molar-refractivity contribution in [3.63, 3.8) is 0 Å². The Bertz CT molecular complexity index is 468. The zero-order valence-electron chi connectivity index (χ0n) is 9.64. The predicted octanol–water partition coefficient (Wildman–Crippen LogP) is 2.37. The minimum absolute atomic E-state index is 0.324. The fraction of sp³-hybridized carbons (Fsp3) is 0.333. The second-order valence-corrected chi connectivity index (χ2v) is 4.33. The quantitative estimate of drug-likeness (QED) is 0.894. The number of rotatable bonds is 4. The maximum atomic E-state index is 10.8. The van der Waals surface area contributed by atoms with Crippen molar-refractivity contribution in [3.8, 4) is 6.07 Å². The van der Waals surface area contributed by atoms with Crippen LogP contribution in [0, 0.1) is 17.2 Å². The van der Waals surface area contributed by atoms with E-state index in [9.17, 15) is 4.79 Å². The molecule has 0 saturated carbocycles. The van der Waals surface area contributed by atoms with Crippen molar-refractivity contribution in [3.05, 3.63) is 28.8 Å². The van der Waals surface area contributed by atoms with Crippen molar-refractivity contribution >= 4 is 23.3 Å². The first-order valence-electron chi connectivity index (χ1n) is 5.09. The molecule has 1 aromatic carbocycles. The average molecular weight is 253 g/mol. The van der Waals surface area contributed by atoms with Crippen molar-refractivity contribution in [1.82, 2.24) is 0 Å². The zero-order valence-corrected chi connectivity index (χ0v) is 10.4. The molecule has 4 nitrogen and oxygen atoms in total. The number of aliphatic carboxylic acids is 1. The van der Waals surface area contributed by atoms with Gasteiger partial charge < -0.3 is 10.0 Å². The van der Waals surface area contributed by atoms with E-state index < -0.39 is 11.9 Å². The van der Waals surface area contributed by atoms with Crippen LogP contribution in [0.25, 0.3) is 0 Å². The molecule has 0 fully saturated rings. The summed E-state index contributed by atoms with van der Waals surface area (Å²) in [6.07, 6.45) is 0. The molecule has 0 radical (unpaired) electrons. The van der Waals surface area contributed by atoms with Gasteiger partial charge in [-0.3, -0.25) is 4.79 Å². The Labute approximate surface area is 105 Å². The molecule has 0 aliphatic carbocycles. The molecule has 0 aliphatic heterocycles. The Morgan fingerprint density at radius 2 is 2.29 bits per heavy atom. The number of hydrogen-bond donors (Lipinski definition) is 1. The van der Waals surface area contributed by atoms with Crippen LogP contribution in [0.4, 0.5) is 5.69 Å². The van der Waals surface area contributed by atoms with Gasteiger partial charge in [0.05, 0.1) is 17.2 Å². The molecular weight excluding hydrogens is 240 g/mol. The van der Waals surface area contributed by atoms with Crippen LogP contribution >= 0.6 is 11.6 Å². The van der Waals surface area contributed by atoms with Crippen LogP contribution in [0.3, 0.4) is 0 Å². The Morgan fingerprint density at radius 3 is 2.82 bits per heavy atom. The Morgan fingerprint density at radius 1 is 1.65 bits per heavy atom. The molecule has 5 heteroatoms. The molecule has 0 bridgehead atoms. The first-order valence-corrected chi connectivity index (χ1v) is 5.47. The Kier molecular flexibility index (Phi) is 4.36. The molecule has 0 aromatic heterocycles. The molecular formula is C12H13ClN2O2. The third kappa shape index (κ3) is 3.36. The lowest BCUT2D eigenvalue weighted by molar-refractivity contribution is -0.140. The molecule has 17 heavy (non-hydrogen) atoms. The van der Waals surface area contributed by atoms with E-state index in [4.69, 9.17) is 22.0 Å². The molecule has 0 spiro atoms. The summed E-state index contributed by atoms with van der Waals surface area (Å²) in [6.45, 7) is 1.94. The van der Waals surface area contributed by atoms with E-state index in [0.717, 1.165) is 0 Å². The fourth-order valence-corrected chi connectivity index (χ4v) is 1.67. The second kappa shape index (κ2) is 5.55. The summed E-state index contributed by atoms with van der Waals surface area (Å²) in [5, 5.41) is 18.3. The van der Waals surface area contributed by atoms with Crippen molar-refractivity contribution < 1.29 is 9.90 Å².